The quantitative estimate of drug-likeness (QED) is 0.488. The van der Waals surface area contributed by atoms with Crippen molar-refractivity contribution in [2.75, 3.05) is 7.11 Å². The molecule has 5 rings (SSSR count). The molecule has 0 amide bonds. The predicted molar refractivity (Wildman–Crippen MR) is 124 cm³/mol. The van der Waals surface area contributed by atoms with Crippen molar-refractivity contribution >= 4 is 5.71 Å². The van der Waals surface area contributed by atoms with Crippen LogP contribution in [-0.4, -0.2) is 22.6 Å². The first-order valence-electron chi connectivity index (χ1n) is 10.4. The maximum atomic E-state index is 5.27. The second-order valence-corrected chi connectivity index (χ2v) is 7.75. The van der Waals surface area contributed by atoms with Gasteiger partial charge in [-0.15, -0.1) is 0 Å². The monoisotopic (exact) mass is 408 g/mol. The van der Waals surface area contributed by atoms with Crippen molar-refractivity contribution in [1.82, 2.24) is 15.2 Å². The highest BCUT2D eigenvalue weighted by Crippen LogP contribution is 2.33. The maximum absolute atomic E-state index is 5.27. The maximum Gasteiger partial charge on any atom is 0.118 e. The Kier molecular flexibility index (Phi) is 5.00. The fourth-order valence-corrected chi connectivity index (χ4v) is 3.88. The third-order valence-electron chi connectivity index (χ3n) is 5.64. The number of ether oxygens (including phenoxy) is 1. The Morgan fingerprint density at radius 2 is 1.61 bits per heavy atom. The lowest BCUT2D eigenvalue weighted by atomic mass is 9.97. The molecular weight excluding hydrogens is 384 g/mol. The molecule has 1 aromatic heterocycles. The molecule has 1 aliphatic rings. The molecule has 0 saturated heterocycles. The highest BCUT2D eigenvalue weighted by atomic mass is 16.5. The largest absolute Gasteiger partial charge is 0.497 e. The molecule has 1 aliphatic heterocycles. The van der Waals surface area contributed by atoms with E-state index in [0.29, 0.717) is 0 Å². The van der Waals surface area contributed by atoms with Crippen molar-refractivity contribution in [1.29, 1.82) is 0 Å². The molecule has 154 valence electrons. The van der Waals surface area contributed by atoms with Gasteiger partial charge in [-0.05, 0) is 48.9 Å². The number of nitrogens with one attached hydrogen (secondary N) is 1. The summed E-state index contributed by atoms with van der Waals surface area (Å²) in [6, 6.07) is 26.8. The summed E-state index contributed by atoms with van der Waals surface area (Å²) < 4.78 is 7.23. The Labute approximate surface area is 182 Å². The topological polar surface area (TPSA) is 51.4 Å². The number of aromatic nitrogens is 2. The molecule has 0 fully saturated rings. The first kappa shape index (κ1) is 19.1. The van der Waals surface area contributed by atoms with E-state index in [4.69, 9.17) is 9.84 Å². The zero-order chi connectivity index (χ0) is 21.2. The van der Waals surface area contributed by atoms with Crippen LogP contribution in [0.3, 0.4) is 0 Å². The summed E-state index contributed by atoms with van der Waals surface area (Å²) >= 11 is 0. The lowest BCUT2D eigenvalue weighted by Crippen LogP contribution is -2.10. The molecule has 31 heavy (non-hydrogen) atoms. The molecule has 0 bridgehead atoms. The van der Waals surface area contributed by atoms with E-state index in [0.717, 1.165) is 46.0 Å². The number of para-hydroxylation sites is 1. The number of aryl methyl sites for hydroxylation is 1. The molecule has 0 saturated carbocycles. The van der Waals surface area contributed by atoms with Crippen LogP contribution < -0.4 is 10.2 Å². The number of hydrazone groups is 1. The van der Waals surface area contributed by atoms with Gasteiger partial charge < -0.3 is 10.2 Å². The highest BCUT2D eigenvalue weighted by molar-refractivity contribution is 6.02. The number of methoxy groups -OCH3 is 1. The summed E-state index contributed by atoms with van der Waals surface area (Å²) in [6.45, 7) is 2.10. The van der Waals surface area contributed by atoms with Crippen LogP contribution in [0.25, 0.3) is 16.9 Å². The zero-order valence-electron chi connectivity index (χ0n) is 17.6. The molecular formula is C26H24N4O. The fraction of sp³-hybridized carbons (Fsp3) is 0.154. The van der Waals surface area contributed by atoms with Crippen LogP contribution in [-0.2, 0) is 0 Å². The summed E-state index contributed by atoms with van der Waals surface area (Å²) in [4.78, 5) is 0. The SMILES string of the molecule is COc1ccc(C2=NNC(c3cn(-c4ccccc4)nc3-c3ccc(C)cc3)C2)cc1. The van der Waals surface area contributed by atoms with Gasteiger partial charge in [-0.25, -0.2) is 4.68 Å². The van der Waals surface area contributed by atoms with Crippen molar-refractivity contribution in [2.24, 2.45) is 5.10 Å². The van der Waals surface area contributed by atoms with Gasteiger partial charge in [0.2, 0.25) is 0 Å². The zero-order valence-corrected chi connectivity index (χ0v) is 17.6. The van der Waals surface area contributed by atoms with Crippen LogP contribution >= 0.6 is 0 Å². The standard InChI is InChI=1S/C26H24N4O/c1-18-8-10-20(11-9-18)26-23(17-30(29-26)21-6-4-3-5-7-21)25-16-24(27-28-25)19-12-14-22(31-2)15-13-19/h3-15,17,25,28H,16H2,1-2H3. The summed E-state index contributed by atoms with van der Waals surface area (Å²) in [7, 11) is 1.68. The first-order chi connectivity index (χ1) is 15.2. The second-order valence-electron chi connectivity index (χ2n) is 7.75. The second kappa shape index (κ2) is 8.11. The van der Waals surface area contributed by atoms with Crippen molar-refractivity contribution in [2.45, 2.75) is 19.4 Å². The third kappa shape index (κ3) is 3.82. The molecule has 1 atom stereocenters. The van der Waals surface area contributed by atoms with Crippen molar-refractivity contribution in [3.63, 3.8) is 0 Å². The Bertz CT molecular complexity index is 1210. The number of hydrogen-bond acceptors (Lipinski definition) is 4. The lowest BCUT2D eigenvalue weighted by Gasteiger charge is -2.10. The Morgan fingerprint density at radius 1 is 0.903 bits per heavy atom. The van der Waals surface area contributed by atoms with Gasteiger partial charge in [-0.1, -0.05) is 48.0 Å². The number of nitrogens with zero attached hydrogens (tertiary/aromatic N) is 3. The van der Waals surface area contributed by atoms with Crippen LogP contribution in [0.1, 0.15) is 29.2 Å². The number of benzene rings is 3. The van der Waals surface area contributed by atoms with Gasteiger partial charge >= 0.3 is 0 Å². The van der Waals surface area contributed by atoms with Crippen molar-refractivity contribution in [3.05, 3.63) is 102 Å². The fourth-order valence-electron chi connectivity index (χ4n) is 3.88. The van der Waals surface area contributed by atoms with Crippen LogP contribution in [0, 0.1) is 6.92 Å². The minimum Gasteiger partial charge on any atom is -0.497 e. The molecule has 0 radical (unpaired) electrons. The average Bonchev–Trinajstić information content (AvgIpc) is 3.48. The molecule has 0 aliphatic carbocycles. The lowest BCUT2D eigenvalue weighted by molar-refractivity contribution is 0.415. The summed E-state index contributed by atoms with van der Waals surface area (Å²) in [6.07, 6.45) is 2.92. The normalized spacial score (nSPS) is 15.4. The van der Waals surface area contributed by atoms with E-state index in [1.807, 2.05) is 35.0 Å². The van der Waals surface area contributed by atoms with E-state index >= 15 is 0 Å². The van der Waals surface area contributed by atoms with Gasteiger partial charge in [0.15, 0.2) is 0 Å². The predicted octanol–water partition coefficient (Wildman–Crippen LogP) is 5.30. The van der Waals surface area contributed by atoms with E-state index in [1.165, 1.54) is 5.56 Å². The van der Waals surface area contributed by atoms with Gasteiger partial charge in [0, 0.05) is 23.7 Å². The Hall–Kier alpha value is -3.86. The van der Waals surface area contributed by atoms with Gasteiger partial charge in [0.1, 0.15) is 5.75 Å². The van der Waals surface area contributed by atoms with E-state index in [-0.39, 0.29) is 6.04 Å². The van der Waals surface area contributed by atoms with Crippen LogP contribution in [0.4, 0.5) is 0 Å². The van der Waals surface area contributed by atoms with Crippen LogP contribution in [0.2, 0.25) is 0 Å². The van der Waals surface area contributed by atoms with Gasteiger partial charge in [0.25, 0.3) is 0 Å². The Balaban J connectivity index is 1.49. The van der Waals surface area contributed by atoms with E-state index < -0.39 is 0 Å². The molecule has 1 unspecified atom stereocenters. The van der Waals surface area contributed by atoms with Crippen LogP contribution in [0.5, 0.6) is 5.75 Å². The van der Waals surface area contributed by atoms with Gasteiger partial charge in [-0.2, -0.15) is 10.2 Å². The minimum absolute atomic E-state index is 0.0610. The molecule has 3 aromatic carbocycles. The van der Waals surface area contributed by atoms with E-state index in [2.05, 4.69) is 72.2 Å². The van der Waals surface area contributed by atoms with Gasteiger partial charge in [-0.3, -0.25) is 0 Å². The van der Waals surface area contributed by atoms with E-state index in [9.17, 15) is 0 Å². The summed E-state index contributed by atoms with van der Waals surface area (Å²) in [5.74, 6) is 0.845. The summed E-state index contributed by atoms with van der Waals surface area (Å²) in [5.41, 5.74) is 11.0. The summed E-state index contributed by atoms with van der Waals surface area (Å²) in [5, 5.41) is 9.59. The minimum atomic E-state index is 0.0610. The van der Waals surface area contributed by atoms with E-state index in [1.54, 1.807) is 7.11 Å². The molecule has 5 heteroatoms. The molecule has 5 nitrogen and oxygen atoms in total. The molecule has 0 spiro atoms. The Morgan fingerprint density at radius 3 is 2.32 bits per heavy atom. The smallest absolute Gasteiger partial charge is 0.118 e. The molecule has 2 heterocycles. The first-order valence-corrected chi connectivity index (χ1v) is 10.4. The van der Waals surface area contributed by atoms with Crippen molar-refractivity contribution < 1.29 is 4.74 Å². The average molecular weight is 409 g/mol. The number of rotatable bonds is 5. The number of hydrogen-bond donors (Lipinski definition) is 1. The van der Waals surface area contributed by atoms with Gasteiger partial charge in [0.05, 0.1) is 30.2 Å². The van der Waals surface area contributed by atoms with Crippen molar-refractivity contribution in [3.8, 4) is 22.7 Å². The molecule has 1 N–H and O–H groups in total. The molecule has 4 aromatic rings. The highest BCUT2D eigenvalue weighted by Gasteiger charge is 2.26. The third-order valence-corrected chi connectivity index (χ3v) is 5.64. The van der Waals surface area contributed by atoms with Crippen LogP contribution in [0.15, 0.2) is 90.2 Å².